The van der Waals surface area contributed by atoms with Crippen molar-refractivity contribution in [1.29, 1.82) is 0 Å². The van der Waals surface area contributed by atoms with Gasteiger partial charge in [0.2, 0.25) is 0 Å². The van der Waals surface area contributed by atoms with Crippen molar-refractivity contribution in [2.24, 2.45) is 7.05 Å². The summed E-state index contributed by atoms with van der Waals surface area (Å²) in [6.07, 6.45) is 5.89. The zero-order valence-electron chi connectivity index (χ0n) is 15.7. The maximum atomic E-state index is 5.97. The van der Waals surface area contributed by atoms with Gasteiger partial charge in [-0.05, 0) is 23.8 Å². The molecule has 1 atom stereocenters. The van der Waals surface area contributed by atoms with Crippen molar-refractivity contribution in [2.45, 2.75) is 12.6 Å². The number of ether oxygens (including phenoxy) is 2. The Kier molecular flexibility index (Phi) is 5.18. The largest absolute Gasteiger partial charge is 0.497 e. The van der Waals surface area contributed by atoms with E-state index < -0.39 is 0 Å². The predicted octanol–water partition coefficient (Wildman–Crippen LogP) is 3.06. The van der Waals surface area contributed by atoms with Crippen LogP contribution in [0, 0.1) is 0 Å². The number of aryl methyl sites for hydroxylation is 1. The van der Waals surface area contributed by atoms with Crippen LogP contribution in [0.5, 0.6) is 5.75 Å². The molecule has 1 fully saturated rings. The molecule has 4 rings (SSSR count). The van der Waals surface area contributed by atoms with E-state index in [1.54, 1.807) is 7.11 Å². The molecule has 6 heteroatoms. The fraction of sp³-hybridized carbons (Fsp3) is 0.333. The van der Waals surface area contributed by atoms with Crippen molar-refractivity contribution >= 4 is 0 Å². The molecule has 2 aromatic heterocycles. The van der Waals surface area contributed by atoms with E-state index in [9.17, 15) is 0 Å². The van der Waals surface area contributed by atoms with Crippen LogP contribution < -0.4 is 4.74 Å². The molecule has 140 valence electrons. The van der Waals surface area contributed by atoms with Gasteiger partial charge in [0.1, 0.15) is 11.9 Å². The Labute approximate surface area is 159 Å². The summed E-state index contributed by atoms with van der Waals surface area (Å²) in [7, 11) is 3.62. The summed E-state index contributed by atoms with van der Waals surface area (Å²) in [5, 5.41) is 4.25. The molecule has 0 unspecified atom stereocenters. The van der Waals surface area contributed by atoms with Crippen LogP contribution in [0.2, 0.25) is 0 Å². The lowest BCUT2D eigenvalue weighted by Gasteiger charge is -2.32. The summed E-state index contributed by atoms with van der Waals surface area (Å²) < 4.78 is 13.1. The number of methoxy groups -OCH3 is 1. The van der Waals surface area contributed by atoms with Gasteiger partial charge in [0.15, 0.2) is 0 Å². The number of aromatic nitrogens is 3. The number of nitrogens with zero attached hydrogens (tertiary/aromatic N) is 4. The highest BCUT2D eigenvalue weighted by Gasteiger charge is 2.23. The summed E-state index contributed by atoms with van der Waals surface area (Å²) in [6, 6.07) is 12.2. The molecule has 27 heavy (non-hydrogen) atoms. The smallest absolute Gasteiger partial charge is 0.119 e. The first-order chi connectivity index (χ1) is 13.2. The van der Waals surface area contributed by atoms with Crippen LogP contribution in [0.1, 0.15) is 17.4 Å². The Balaban J connectivity index is 1.44. The van der Waals surface area contributed by atoms with Crippen molar-refractivity contribution in [3.05, 3.63) is 66.2 Å². The first kappa shape index (κ1) is 17.7. The quantitative estimate of drug-likeness (QED) is 0.696. The van der Waals surface area contributed by atoms with E-state index in [1.165, 1.54) is 5.56 Å². The summed E-state index contributed by atoms with van der Waals surface area (Å²) in [5.74, 6) is 0.846. The van der Waals surface area contributed by atoms with Gasteiger partial charge in [-0.1, -0.05) is 18.2 Å². The van der Waals surface area contributed by atoms with Gasteiger partial charge >= 0.3 is 0 Å². The first-order valence-corrected chi connectivity index (χ1v) is 9.13. The van der Waals surface area contributed by atoms with Crippen molar-refractivity contribution in [3.8, 4) is 16.9 Å². The highest BCUT2D eigenvalue weighted by Crippen LogP contribution is 2.26. The van der Waals surface area contributed by atoms with Crippen LogP contribution in [0.25, 0.3) is 11.1 Å². The van der Waals surface area contributed by atoms with E-state index in [4.69, 9.17) is 9.47 Å². The Morgan fingerprint density at radius 3 is 2.85 bits per heavy atom. The van der Waals surface area contributed by atoms with E-state index in [-0.39, 0.29) is 6.10 Å². The second-order valence-electron chi connectivity index (χ2n) is 6.82. The molecule has 1 saturated heterocycles. The molecule has 0 bridgehead atoms. The highest BCUT2D eigenvalue weighted by atomic mass is 16.5. The standard InChI is InChI=1S/C21H24N4O2/c1-24-13-16(11-23-24)14-25-8-9-27-21(15-25)20-7-6-18(12-22-20)17-4-3-5-19(10-17)26-2/h3-7,10-13,21H,8-9,14-15H2,1-2H3/t21-/m0/s1. The summed E-state index contributed by atoms with van der Waals surface area (Å²) in [6.45, 7) is 3.35. The molecule has 0 N–H and O–H groups in total. The lowest BCUT2D eigenvalue weighted by molar-refractivity contribution is -0.0349. The van der Waals surface area contributed by atoms with E-state index in [0.29, 0.717) is 6.61 Å². The summed E-state index contributed by atoms with van der Waals surface area (Å²) in [4.78, 5) is 7.06. The lowest BCUT2D eigenvalue weighted by atomic mass is 10.1. The van der Waals surface area contributed by atoms with Crippen LogP contribution in [0.3, 0.4) is 0 Å². The lowest BCUT2D eigenvalue weighted by Crippen LogP contribution is -2.38. The van der Waals surface area contributed by atoms with Crippen molar-refractivity contribution in [1.82, 2.24) is 19.7 Å². The Morgan fingerprint density at radius 1 is 1.19 bits per heavy atom. The van der Waals surface area contributed by atoms with Crippen LogP contribution in [0.4, 0.5) is 0 Å². The van der Waals surface area contributed by atoms with Crippen LogP contribution in [-0.4, -0.2) is 46.5 Å². The third-order valence-corrected chi connectivity index (χ3v) is 4.83. The average Bonchev–Trinajstić information content (AvgIpc) is 3.13. The molecule has 6 nitrogen and oxygen atoms in total. The molecule has 3 heterocycles. The molecular weight excluding hydrogens is 340 g/mol. The number of rotatable bonds is 5. The minimum Gasteiger partial charge on any atom is -0.497 e. The summed E-state index contributed by atoms with van der Waals surface area (Å²) >= 11 is 0. The molecule has 1 aliphatic heterocycles. The van der Waals surface area contributed by atoms with Gasteiger partial charge in [-0.25, -0.2) is 0 Å². The van der Waals surface area contributed by atoms with Crippen LogP contribution >= 0.6 is 0 Å². The van der Waals surface area contributed by atoms with E-state index in [1.807, 2.05) is 42.3 Å². The van der Waals surface area contributed by atoms with E-state index in [0.717, 1.165) is 42.2 Å². The number of benzene rings is 1. The molecule has 0 radical (unpaired) electrons. The minimum absolute atomic E-state index is 0.00483. The zero-order chi connectivity index (χ0) is 18.6. The third-order valence-electron chi connectivity index (χ3n) is 4.83. The number of hydrogen-bond donors (Lipinski definition) is 0. The van der Waals surface area contributed by atoms with E-state index in [2.05, 4.69) is 39.4 Å². The fourth-order valence-corrected chi connectivity index (χ4v) is 3.41. The molecule has 1 aliphatic rings. The normalized spacial score (nSPS) is 17.8. The topological polar surface area (TPSA) is 52.4 Å². The molecule has 0 aliphatic carbocycles. The fourth-order valence-electron chi connectivity index (χ4n) is 3.41. The van der Waals surface area contributed by atoms with Gasteiger partial charge in [0, 0.05) is 50.2 Å². The van der Waals surface area contributed by atoms with Crippen LogP contribution in [-0.2, 0) is 18.3 Å². The molecule has 0 amide bonds. The second kappa shape index (κ2) is 7.90. The molecular formula is C21H24N4O2. The number of pyridine rings is 1. The highest BCUT2D eigenvalue weighted by molar-refractivity contribution is 5.64. The first-order valence-electron chi connectivity index (χ1n) is 9.13. The van der Waals surface area contributed by atoms with Crippen molar-refractivity contribution < 1.29 is 9.47 Å². The van der Waals surface area contributed by atoms with Gasteiger partial charge in [-0.15, -0.1) is 0 Å². The van der Waals surface area contributed by atoms with E-state index >= 15 is 0 Å². The van der Waals surface area contributed by atoms with Crippen molar-refractivity contribution in [3.63, 3.8) is 0 Å². The molecule has 0 spiro atoms. The third kappa shape index (κ3) is 4.18. The maximum Gasteiger partial charge on any atom is 0.119 e. The maximum absolute atomic E-state index is 5.97. The number of hydrogen-bond acceptors (Lipinski definition) is 5. The SMILES string of the molecule is COc1cccc(-c2ccc([C@@H]3CN(Cc4cnn(C)c4)CCO3)nc2)c1. The minimum atomic E-state index is -0.00483. The Hall–Kier alpha value is -2.70. The second-order valence-corrected chi connectivity index (χ2v) is 6.82. The Bertz CT molecular complexity index is 891. The Morgan fingerprint density at radius 2 is 2.11 bits per heavy atom. The monoisotopic (exact) mass is 364 g/mol. The van der Waals surface area contributed by atoms with Gasteiger partial charge in [-0.3, -0.25) is 14.6 Å². The summed E-state index contributed by atoms with van der Waals surface area (Å²) in [5.41, 5.74) is 4.36. The van der Waals surface area contributed by atoms with Gasteiger partial charge in [0.05, 0.1) is 25.6 Å². The molecule has 1 aromatic carbocycles. The molecule has 0 saturated carbocycles. The van der Waals surface area contributed by atoms with Crippen molar-refractivity contribution in [2.75, 3.05) is 26.8 Å². The predicted molar refractivity (Wildman–Crippen MR) is 103 cm³/mol. The zero-order valence-corrected chi connectivity index (χ0v) is 15.7. The van der Waals surface area contributed by atoms with Gasteiger partial charge in [0.25, 0.3) is 0 Å². The van der Waals surface area contributed by atoms with Gasteiger partial charge in [-0.2, -0.15) is 5.10 Å². The average molecular weight is 364 g/mol. The molecule has 3 aromatic rings. The van der Waals surface area contributed by atoms with Crippen LogP contribution in [0.15, 0.2) is 55.0 Å². The number of morpholine rings is 1. The van der Waals surface area contributed by atoms with Gasteiger partial charge < -0.3 is 9.47 Å².